The van der Waals surface area contributed by atoms with Crippen LogP contribution in [-0.2, 0) is 13.1 Å². The van der Waals surface area contributed by atoms with Crippen LogP contribution < -0.4 is 5.73 Å². The SMILES string of the molecule is CCn1c(CN2C[C@@H](CN)[C@H](c3ccccc3)C2)nc2c(F)cccc21.Cl.Cl. The van der Waals surface area contributed by atoms with Gasteiger partial charge in [0.05, 0.1) is 12.1 Å². The molecule has 3 aromatic rings. The smallest absolute Gasteiger partial charge is 0.151 e. The molecule has 4 nitrogen and oxygen atoms in total. The second kappa shape index (κ2) is 9.70. The number of fused-ring (bicyclic) bond motifs is 1. The molecule has 0 bridgehead atoms. The van der Waals surface area contributed by atoms with E-state index in [2.05, 4.69) is 45.6 Å². The van der Waals surface area contributed by atoms with E-state index in [4.69, 9.17) is 5.73 Å². The minimum Gasteiger partial charge on any atom is -0.330 e. The standard InChI is InChI=1S/C21H25FN4.2ClH/c1-2-26-19-10-6-9-18(22)21(19)24-20(26)14-25-12-16(11-23)17(13-25)15-7-4-3-5-8-15;;/h3-10,16-17H,2,11-14,23H2,1H3;2*1H/t16-,17+;;/m1../s1. The summed E-state index contributed by atoms with van der Waals surface area (Å²) in [6.45, 7) is 6.17. The predicted octanol–water partition coefficient (Wildman–Crippen LogP) is 4.21. The Hall–Kier alpha value is -1.66. The van der Waals surface area contributed by atoms with Crippen LogP contribution in [-0.4, -0.2) is 34.1 Å². The van der Waals surface area contributed by atoms with Gasteiger partial charge in [-0.3, -0.25) is 4.90 Å². The van der Waals surface area contributed by atoms with Gasteiger partial charge in [-0.25, -0.2) is 9.37 Å². The van der Waals surface area contributed by atoms with Crippen LogP contribution in [0.2, 0.25) is 0 Å². The van der Waals surface area contributed by atoms with Crippen molar-refractivity contribution in [3.8, 4) is 0 Å². The zero-order valence-corrected chi connectivity index (χ0v) is 17.6. The Kier molecular flexibility index (Phi) is 7.84. The van der Waals surface area contributed by atoms with Crippen molar-refractivity contribution < 1.29 is 4.39 Å². The van der Waals surface area contributed by atoms with Gasteiger partial charge in [0.25, 0.3) is 0 Å². The highest BCUT2D eigenvalue weighted by atomic mass is 35.5. The van der Waals surface area contributed by atoms with E-state index in [1.165, 1.54) is 11.6 Å². The topological polar surface area (TPSA) is 47.1 Å². The summed E-state index contributed by atoms with van der Waals surface area (Å²) in [7, 11) is 0. The van der Waals surface area contributed by atoms with Crippen LogP contribution in [0.4, 0.5) is 4.39 Å². The molecule has 2 N–H and O–H groups in total. The van der Waals surface area contributed by atoms with Crippen molar-refractivity contribution in [1.29, 1.82) is 0 Å². The van der Waals surface area contributed by atoms with Gasteiger partial charge in [-0.15, -0.1) is 24.8 Å². The Balaban J connectivity index is 0.00000140. The van der Waals surface area contributed by atoms with Crippen LogP contribution in [0.3, 0.4) is 0 Å². The highest BCUT2D eigenvalue weighted by Crippen LogP contribution is 2.33. The lowest BCUT2D eigenvalue weighted by atomic mass is 9.89. The Labute approximate surface area is 177 Å². The van der Waals surface area contributed by atoms with E-state index < -0.39 is 0 Å². The van der Waals surface area contributed by atoms with Gasteiger partial charge in [-0.1, -0.05) is 36.4 Å². The molecule has 152 valence electrons. The second-order valence-electron chi connectivity index (χ2n) is 7.09. The molecular formula is C21H27Cl2FN4. The van der Waals surface area contributed by atoms with Gasteiger partial charge in [0.15, 0.2) is 5.82 Å². The molecule has 7 heteroatoms. The van der Waals surface area contributed by atoms with Crippen molar-refractivity contribution in [2.75, 3.05) is 19.6 Å². The summed E-state index contributed by atoms with van der Waals surface area (Å²) in [4.78, 5) is 7.01. The molecule has 0 amide bonds. The maximum Gasteiger partial charge on any atom is 0.151 e. The first-order valence-corrected chi connectivity index (χ1v) is 9.32. The molecule has 2 atom stereocenters. The minimum absolute atomic E-state index is 0. The molecule has 0 unspecified atom stereocenters. The quantitative estimate of drug-likeness (QED) is 0.666. The van der Waals surface area contributed by atoms with Crippen LogP contribution in [0.5, 0.6) is 0 Å². The summed E-state index contributed by atoms with van der Waals surface area (Å²) in [5.41, 5.74) is 8.75. The van der Waals surface area contributed by atoms with E-state index in [-0.39, 0.29) is 30.6 Å². The lowest BCUT2D eigenvalue weighted by molar-refractivity contribution is 0.304. The number of aromatic nitrogens is 2. The molecule has 1 aromatic heterocycles. The van der Waals surface area contributed by atoms with Crippen LogP contribution in [0.1, 0.15) is 24.2 Å². The van der Waals surface area contributed by atoms with Crippen LogP contribution in [0.15, 0.2) is 48.5 Å². The summed E-state index contributed by atoms with van der Waals surface area (Å²) in [5.74, 6) is 1.56. The highest BCUT2D eigenvalue weighted by Gasteiger charge is 2.33. The summed E-state index contributed by atoms with van der Waals surface area (Å²) in [6, 6.07) is 15.8. The largest absolute Gasteiger partial charge is 0.330 e. The summed E-state index contributed by atoms with van der Waals surface area (Å²) in [6.07, 6.45) is 0. The fraction of sp³-hybridized carbons (Fsp3) is 0.381. The molecule has 1 saturated heterocycles. The fourth-order valence-electron chi connectivity index (χ4n) is 4.24. The van der Waals surface area contributed by atoms with Gasteiger partial charge in [-0.2, -0.15) is 0 Å². The van der Waals surface area contributed by atoms with Crippen LogP contribution in [0, 0.1) is 11.7 Å². The summed E-state index contributed by atoms with van der Waals surface area (Å²) < 4.78 is 16.2. The number of aryl methyl sites for hydroxylation is 1. The molecule has 28 heavy (non-hydrogen) atoms. The Morgan fingerprint density at radius 3 is 2.50 bits per heavy atom. The number of hydrogen-bond acceptors (Lipinski definition) is 3. The normalized spacial score (nSPS) is 19.4. The van der Waals surface area contributed by atoms with Crippen molar-refractivity contribution in [3.63, 3.8) is 0 Å². The van der Waals surface area contributed by atoms with Gasteiger partial charge < -0.3 is 10.3 Å². The minimum atomic E-state index is -0.251. The number of hydrogen-bond donors (Lipinski definition) is 1. The number of halogens is 3. The third kappa shape index (κ3) is 4.18. The summed E-state index contributed by atoms with van der Waals surface area (Å²) in [5, 5.41) is 0. The molecule has 1 aliphatic heterocycles. The van der Waals surface area contributed by atoms with E-state index in [1.807, 2.05) is 12.1 Å². The monoisotopic (exact) mass is 424 g/mol. The Morgan fingerprint density at radius 2 is 1.82 bits per heavy atom. The first kappa shape index (κ1) is 22.6. The third-order valence-corrected chi connectivity index (χ3v) is 5.54. The number of likely N-dealkylation sites (tertiary alicyclic amines) is 1. The van der Waals surface area contributed by atoms with Crippen molar-refractivity contribution in [1.82, 2.24) is 14.5 Å². The van der Waals surface area contributed by atoms with Crippen molar-refractivity contribution in [3.05, 3.63) is 65.7 Å². The van der Waals surface area contributed by atoms with Gasteiger partial charge in [0.2, 0.25) is 0 Å². The number of para-hydroxylation sites is 1. The maximum absolute atomic E-state index is 14.1. The number of nitrogens with zero attached hydrogens (tertiary/aromatic N) is 3. The van der Waals surface area contributed by atoms with Crippen molar-refractivity contribution in [2.45, 2.75) is 25.9 Å². The maximum atomic E-state index is 14.1. The molecular weight excluding hydrogens is 398 g/mol. The third-order valence-electron chi connectivity index (χ3n) is 5.54. The first-order chi connectivity index (χ1) is 12.7. The molecule has 0 spiro atoms. The van der Waals surface area contributed by atoms with Gasteiger partial charge in [-0.05, 0) is 37.1 Å². The number of benzene rings is 2. The molecule has 1 fully saturated rings. The zero-order valence-electron chi connectivity index (χ0n) is 15.9. The number of nitrogens with two attached hydrogens (primary N) is 1. The molecule has 0 saturated carbocycles. The van der Waals surface area contributed by atoms with Gasteiger partial charge in [0.1, 0.15) is 11.3 Å². The molecule has 1 aliphatic rings. The fourth-order valence-corrected chi connectivity index (χ4v) is 4.24. The van der Waals surface area contributed by atoms with E-state index in [1.54, 1.807) is 6.07 Å². The van der Waals surface area contributed by atoms with E-state index in [0.717, 1.165) is 37.5 Å². The van der Waals surface area contributed by atoms with E-state index >= 15 is 0 Å². The van der Waals surface area contributed by atoms with E-state index in [9.17, 15) is 4.39 Å². The van der Waals surface area contributed by atoms with Crippen molar-refractivity contribution in [2.24, 2.45) is 11.7 Å². The van der Waals surface area contributed by atoms with E-state index in [0.29, 0.717) is 23.9 Å². The Bertz CT molecular complexity index is 900. The number of imidazole rings is 1. The average Bonchev–Trinajstić information content (AvgIpc) is 3.24. The average molecular weight is 425 g/mol. The van der Waals surface area contributed by atoms with Crippen molar-refractivity contribution >= 4 is 35.8 Å². The van der Waals surface area contributed by atoms with Crippen LogP contribution >= 0.6 is 24.8 Å². The number of rotatable bonds is 5. The van der Waals surface area contributed by atoms with Gasteiger partial charge in [0, 0.05) is 25.6 Å². The molecule has 0 aliphatic carbocycles. The van der Waals surface area contributed by atoms with Crippen LogP contribution in [0.25, 0.3) is 11.0 Å². The summed E-state index contributed by atoms with van der Waals surface area (Å²) >= 11 is 0. The molecule has 0 radical (unpaired) electrons. The molecule has 2 heterocycles. The first-order valence-electron chi connectivity index (χ1n) is 9.32. The Morgan fingerprint density at radius 1 is 1.07 bits per heavy atom. The lowest BCUT2D eigenvalue weighted by Gasteiger charge is -2.17. The molecule has 2 aromatic carbocycles. The predicted molar refractivity (Wildman–Crippen MR) is 117 cm³/mol. The van der Waals surface area contributed by atoms with Gasteiger partial charge >= 0.3 is 0 Å². The zero-order chi connectivity index (χ0) is 18.1. The molecule has 4 rings (SSSR count). The lowest BCUT2D eigenvalue weighted by Crippen LogP contribution is -2.24. The highest BCUT2D eigenvalue weighted by molar-refractivity contribution is 5.85. The second-order valence-corrected chi connectivity index (χ2v) is 7.09.